The Morgan fingerprint density at radius 2 is 1.87 bits per heavy atom. The first-order valence-corrected chi connectivity index (χ1v) is 11.3. The third kappa shape index (κ3) is 4.83. The molecule has 3 heterocycles. The van der Waals surface area contributed by atoms with E-state index < -0.39 is 0 Å². The predicted molar refractivity (Wildman–Crippen MR) is 121 cm³/mol. The second-order valence-electron chi connectivity index (χ2n) is 6.97. The summed E-state index contributed by atoms with van der Waals surface area (Å²) in [6.07, 6.45) is 4.58. The van der Waals surface area contributed by atoms with Gasteiger partial charge in [0.15, 0.2) is 11.5 Å². The molecule has 0 radical (unpaired) electrons. The Balaban J connectivity index is 1.55. The highest BCUT2D eigenvalue weighted by Gasteiger charge is 2.20. The van der Waals surface area contributed by atoms with Crippen LogP contribution in [0.3, 0.4) is 0 Å². The van der Waals surface area contributed by atoms with Crippen LogP contribution in [0.1, 0.15) is 18.3 Å². The summed E-state index contributed by atoms with van der Waals surface area (Å²) in [7, 11) is 0. The van der Waals surface area contributed by atoms with Gasteiger partial charge < -0.3 is 5.32 Å². The maximum absolute atomic E-state index is 12.8. The fourth-order valence-corrected chi connectivity index (χ4v) is 3.77. The van der Waals surface area contributed by atoms with E-state index in [1.807, 2.05) is 65.4 Å². The van der Waals surface area contributed by atoms with Crippen molar-refractivity contribution in [3.63, 3.8) is 0 Å². The lowest BCUT2D eigenvalue weighted by Crippen LogP contribution is -2.36. The van der Waals surface area contributed by atoms with E-state index in [1.54, 1.807) is 17.8 Å². The summed E-state index contributed by atoms with van der Waals surface area (Å²) in [5.41, 5.74) is 1.90. The molecule has 1 atom stereocenters. The number of benzene rings is 1. The van der Waals surface area contributed by atoms with Gasteiger partial charge in [-0.3, -0.25) is 14.0 Å². The van der Waals surface area contributed by atoms with Crippen molar-refractivity contribution in [1.29, 1.82) is 0 Å². The molecule has 9 heteroatoms. The van der Waals surface area contributed by atoms with Gasteiger partial charge in [0, 0.05) is 17.8 Å². The topological polar surface area (TPSA) is 94.2 Å². The number of fused-ring (bicyclic) bond motifs is 1. The summed E-state index contributed by atoms with van der Waals surface area (Å²) in [5.74, 6) is 1.20. The Morgan fingerprint density at radius 1 is 1.06 bits per heavy atom. The predicted octanol–water partition coefficient (Wildman–Crippen LogP) is 2.56. The molecular formula is C22H22N6O2S. The summed E-state index contributed by atoms with van der Waals surface area (Å²) in [6.45, 7) is -0.175. The first kappa shape index (κ1) is 20.8. The molecule has 0 fully saturated rings. The molecule has 0 aliphatic heterocycles. The first-order valence-electron chi connectivity index (χ1n) is 9.87. The normalized spacial score (nSPS) is 12.0. The van der Waals surface area contributed by atoms with Crippen LogP contribution in [-0.4, -0.2) is 42.3 Å². The minimum absolute atomic E-state index is 0.175. The maximum atomic E-state index is 12.8. The zero-order chi connectivity index (χ0) is 21.6. The lowest BCUT2D eigenvalue weighted by molar-refractivity contribution is -0.122. The number of nitrogens with zero attached hydrogens (tertiary/aromatic N) is 5. The SMILES string of the molecule is CSCCC(NC(=O)Cn1nc(-c2ccccc2)ccc1=O)c1nnc2ccccn12. The van der Waals surface area contributed by atoms with E-state index in [4.69, 9.17) is 0 Å². The van der Waals surface area contributed by atoms with Crippen LogP contribution in [0.2, 0.25) is 0 Å². The molecule has 1 amide bonds. The largest absolute Gasteiger partial charge is 0.344 e. The van der Waals surface area contributed by atoms with E-state index in [0.29, 0.717) is 23.6 Å². The number of hydrogen-bond acceptors (Lipinski definition) is 6. The summed E-state index contributed by atoms with van der Waals surface area (Å²) in [5, 5.41) is 15.8. The van der Waals surface area contributed by atoms with Crippen molar-refractivity contribution in [3.8, 4) is 11.3 Å². The number of amides is 1. The Kier molecular flexibility index (Phi) is 6.42. The molecule has 8 nitrogen and oxygen atoms in total. The lowest BCUT2D eigenvalue weighted by Gasteiger charge is -2.17. The fourth-order valence-electron chi connectivity index (χ4n) is 3.30. The molecule has 3 aromatic heterocycles. The summed E-state index contributed by atoms with van der Waals surface area (Å²) in [6, 6.07) is 17.9. The van der Waals surface area contributed by atoms with Gasteiger partial charge >= 0.3 is 0 Å². The monoisotopic (exact) mass is 434 g/mol. The molecule has 0 bridgehead atoms. The fraction of sp³-hybridized carbons (Fsp3) is 0.227. The summed E-state index contributed by atoms with van der Waals surface area (Å²) < 4.78 is 3.05. The molecule has 0 aliphatic carbocycles. The van der Waals surface area contributed by atoms with E-state index >= 15 is 0 Å². The zero-order valence-corrected chi connectivity index (χ0v) is 17.8. The van der Waals surface area contributed by atoms with Crippen molar-refractivity contribution in [2.75, 3.05) is 12.0 Å². The van der Waals surface area contributed by atoms with Crippen molar-refractivity contribution in [1.82, 2.24) is 29.7 Å². The molecule has 1 N–H and O–H groups in total. The minimum atomic E-state index is -0.330. The molecular weight excluding hydrogens is 412 g/mol. The van der Waals surface area contributed by atoms with Gasteiger partial charge in [0.2, 0.25) is 5.91 Å². The van der Waals surface area contributed by atoms with Gasteiger partial charge in [-0.25, -0.2) is 4.68 Å². The second kappa shape index (κ2) is 9.57. The number of hydrogen-bond donors (Lipinski definition) is 1. The standard InChI is InChI=1S/C22H22N6O2S/c1-31-14-12-18(22-25-24-19-9-5-6-13-27(19)22)23-20(29)15-28-21(30)11-10-17(26-28)16-7-3-2-4-8-16/h2-11,13,18H,12,14-15H2,1H3,(H,23,29). The van der Waals surface area contributed by atoms with Crippen LogP contribution in [0.15, 0.2) is 71.7 Å². The quantitative estimate of drug-likeness (QED) is 0.458. The van der Waals surface area contributed by atoms with Crippen molar-refractivity contribution >= 4 is 23.3 Å². The van der Waals surface area contributed by atoms with Gasteiger partial charge in [0.1, 0.15) is 6.54 Å². The average Bonchev–Trinajstić information content (AvgIpc) is 3.23. The van der Waals surface area contributed by atoms with Crippen LogP contribution in [0.5, 0.6) is 0 Å². The number of nitrogens with one attached hydrogen (secondary N) is 1. The molecule has 0 aliphatic rings. The van der Waals surface area contributed by atoms with Gasteiger partial charge in [0.25, 0.3) is 5.56 Å². The Hall–Kier alpha value is -3.46. The van der Waals surface area contributed by atoms with E-state index in [0.717, 1.165) is 11.3 Å². The highest BCUT2D eigenvalue weighted by Crippen LogP contribution is 2.18. The number of carbonyl (C=O) groups excluding carboxylic acids is 1. The molecule has 31 heavy (non-hydrogen) atoms. The van der Waals surface area contributed by atoms with Crippen molar-refractivity contribution in [2.45, 2.75) is 19.0 Å². The molecule has 1 aromatic carbocycles. The molecule has 4 rings (SSSR count). The average molecular weight is 435 g/mol. The van der Waals surface area contributed by atoms with Crippen LogP contribution in [0.4, 0.5) is 0 Å². The van der Waals surface area contributed by atoms with Crippen molar-refractivity contribution < 1.29 is 4.79 Å². The summed E-state index contributed by atoms with van der Waals surface area (Å²) >= 11 is 1.69. The third-order valence-corrected chi connectivity index (χ3v) is 5.47. The first-order chi connectivity index (χ1) is 15.2. The number of carbonyl (C=O) groups is 1. The molecule has 0 spiro atoms. The number of thioether (sulfide) groups is 1. The number of pyridine rings is 1. The van der Waals surface area contributed by atoms with E-state index in [-0.39, 0.29) is 24.1 Å². The number of rotatable bonds is 8. The van der Waals surface area contributed by atoms with Gasteiger partial charge in [0.05, 0.1) is 11.7 Å². The smallest absolute Gasteiger partial charge is 0.267 e. The zero-order valence-electron chi connectivity index (χ0n) is 17.0. The van der Waals surface area contributed by atoms with E-state index in [9.17, 15) is 9.59 Å². The molecule has 158 valence electrons. The molecule has 0 saturated carbocycles. The highest BCUT2D eigenvalue weighted by molar-refractivity contribution is 7.98. The van der Waals surface area contributed by atoms with E-state index in [1.165, 1.54) is 10.7 Å². The highest BCUT2D eigenvalue weighted by atomic mass is 32.2. The van der Waals surface area contributed by atoms with Crippen molar-refractivity contribution in [2.24, 2.45) is 0 Å². The van der Waals surface area contributed by atoms with Crippen LogP contribution in [0, 0.1) is 0 Å². The van der Waals surface area contributed by atoms with Crippen LogP contribution in [-0.2, 0) is 11.3 Å². The van der Waals surface area contributed by atoms with Crippen LogP contribution >= 0.6 is 11.8 Å². The second-order valence-corrected chi connectivity index (χ2v) is 7.95. The van der Waals surface area contributed by atoms with Gasteiger partial charge in [-0.2, -0.15) is 16.9 Å². The Labute approximate surface area is 183 Å². The molecule has 4 aromatic rings. The Morgan fingerprint density at radius 3 is 2.68 bits per heavy atom. The van der Waals surface area contributed by atoms with Crippen LogP contribution in [0.25, 0.3) is 16.9 Å². The third-order valence-electron chi connectivity index (χ3n) is 4.83. The van der Waals surface area contributed by atoms with Crippen LogP contribution < -0.4 is 10.9 Å². The summed E-state index contributed by atoms with van der Waals surface area (Å²) in [4.78, 5) is 25.1. The minimum Gasteiger partial charge on any atom is -0.344 e. The van der Waals surface area contributed by atoms with Gasteiger partial charge in [-0.1, -0.05) is 36.4 Å². The lowest BCUT2D eigenvalue weighted by atomic mass is 10.1. The Bertz CT molecular complexity index is 1240. The van der Waals surface area contributed by atoms with Crippen molar-refractivity contribution in [3.05, 3.63) is 83.0 Å². The van der Waals surface area contributed by atoms with E-state index in [2.05, 4.69) is 20.6 Å². The maximum Gasteiger partial charge on any atom is 0.267 e. The van der Waals surface area contributed by atoms with Gasteiger partial charge in [-0.05, 0) is 36.6 Å². The van der Waals surface area contributed by atoms with Gasteiger partial charge in [-0.15, -0.1) is 10.2 Å². The molecule has 1 unspecified atom stereocenters. The molecule has 0 saturated heterocycles. The number of aromatic nitrogens is 5.